The summed E-state index contributed by atoms with van der Waals surface area (Å²) in [6.07, 6.45) is 0. The number of rotatable bonds is 0. The molecule has 0 amide bonds. The molecule has 0 aromatic carbocycles. The van der Waals surface area contributed by atoms with E-state index in [9.17, 15) is 4.79 Å². The molecule has 0 aliphatic carbocycles. The van der Waals surface area contributed by atoms with Crippen LogP contribution in [0.15, 0.2) is 4.79 Å². The zero-order chi connectivity index (χ0) is 8.55. The lowest BCUT2D eigenvalue weighted by atomic mass is 10.5. The predicted octanol–water partition coefficient (Wildman–Crippen LogP) is -1.08. The maximum absolute atomic E-state index is 11.4. The van der Waals surface area contributed by atoms with E-state index in [1.807, 2.05) is 0 Å². The molecule has 1 aromatic heterocycles. The molecule has 0 saturated heterocycles. The smallest absolute Gasteiger partial charge is 0.295 e. The summed E-state index contributed by atoms with van der Waals surface area (Å²) in [4.78, 5) is 11.4. The van der Waals surface area contributed by atoms with Crippen LogP contribution in [-0.2, 0) is 0 Å². The van der Waals surface area contributed by atoms with Crippen LogP contribution in [0.4, 0.5) is 5.95 Å². The molecule has 0 fully saturated rings. The number of nitrogens with one attached hydrogen (secondary N) is 2. The summed E-state index contributed by atoms with van der Waals surface area (Å²) in [5.41, 5.74) is 3.16. The van der Waals surface area contributed by atoms with Crippen LogP contribution in [0, 0.1) is 6.92 Å². The molecule has 0 unspecified atom stereocenters. The van der Waals surface area contributed by atoms with Gasteiger partial charge < -0.3 is 10.7 Å². The highest BCUT2D eigenvalue weighted by molar-refractivity contribution is 5.28. The quantitative estimate of drug-likeness (QED) is 0.514. The third-order valence-electron chi connectivity index (χ3n) is 1.70. The van der Waals surface area contributed by atoms with Crippen LogP contribution >= 0.6 is 0 Å². The molecule has 2 N–H and O–H groups in total. The molecule has 1 aromatic rings. The van der Waals surface area contributed by atoms with Crippen LogP contribution < -0.4 is 16.3 Å². The van der Waals surface area contributed by atoms with Crippen LogP contribution in [0.5, 0.6) is 0 Å². The van der Waals surface area contributed by atoms with Gasteiger partial charge in [-0.15, -0.1) is 10.2 Å². The lowest BCUT2D eigenvalue weighted by molar-refractivity contribution is 0.703. The lowest BCUT2D eigenvalue weighted by Crippen LogP contribution is -2.40. The number of hydrogen-bond acceptors (Lipinski definition) is 5. The highest BCUT2D eigenvalue weighted by atomic mass is 16.1. The topological polar surface area (TPSA) is 71.8 Å². The zero-order valence-corrected chi connectivity index (χ0v) is 6.66. The summed E-state index contributed by atoms with van der Waals surface area (Å²) in [7, 11) is 0. The minimum Gasteiger partial charge on any atom is -0.351 e. The Morgan fingerprint density at radius 1 is 1.42 bits per heavy atom. The number of anilines is 1. The van der Waals surface area contributed by atoms with Crippen molar-refractivity contribution >= 4 is 5.95 Å². The van der Waals surface area contributed by atoms with Crippen molar-refractivity contribution in [2.75, 3.05) is 23.8 Å². The third kappa shape index (κ3) is 0.919. The molecule has 0 saturated carbocycles. The van der Waals surface area contributed by atoms with E-state index in [0.29, 0.717) is 11.6 Å². The Morgan fingerprint density at radius 2 is 2.25 bits per heavy atom. The van der Waals surface area contributed by atoms with Gasteiger partial charge >= 0.3 is 0 Å². The number of nitrogens with zero attached hydrogens (tertiary/aromatic N) is 3. The van der Waals surface area contributed by atoms with E-state index in [0.717, 1.165) is 13.1 Å². The molecular weight excluding hydrogens is 158 g/mol. The number of aromatic nitrogens is 3. The van der Waals surface area contributed by atoms with Crippen LogP contribution in [0.1, 0.15) is 5.69 Å². The van der Waals surface area contributed by atoms with Crippen molar-refractivity contribution in [1.29, 1.82) is 0 Å². The fourth-order valence-corrected chi connectivity index (χ4v) is 1.07. The largest absolute Gasteiger partial charge is 0.351 e. The average Bonchev–Trinajstić information content (AvgIpc) is 2.12. The second kappa shape index (κ2) is 2.47. The van der Waals surface area contributed by atoms with E-state index >= 15 is 0 Å². The molecule has 0 spiro atoms. The second-order valence-corrected chi connectivity index (χ2v) is 2.58. The zero-order valence-electron chi connectivity index (χ0n) is 6.66. The van der Waals surface area contributed by atoms with E-state index in [4.69, 9.17) is 0 Å². The molecule has 64 valence electrons. The van der Waals surface area contributed by atoms with Crippen molar-refractivity contribution in [3.05, 3.63) is 16.0 Å². The first-order valence-electron chi connectivity index (χ1n) is 3.73. The van der Waals surface area contributed by atoms with Crippen molar-refractivity contribution in [1.82, 2.24) is 14.9 Å². The van der Waals surface area contributed by atoms with Crippen molar-refractivity contribution in [3.63, 3.8) is 0 Å². The first-order chi connectivity index (χ1) is 5.79. The number of aryl methyl sites for hydroxylation is 1. The number of fused-ring (bicyclic) bond motifs is 1. The van der Waals surface area contributed by atoms with Crippen molar-refractivity contribution in [2.24, 2.45) is 0 Å². The monoisotopic (exact) mass is 167 g/mol. The minimum absolute atomic E-state index is 0.146. The molecule has 1 aliphatic rings. The normalized spacial score (nSPS) is 14.4. The van der Waals surface area contributed by atoms with Crippen molar-refractivity contribution < 1.29 is 0 Å². The van der Waals surface area contributed by atoms with E-state index < -0.39 is 0 Å². The van der Waals surface area contributed by atoms with Gasteiger partial charge in [0, 0.05) is 13.1 Å². The highest BCUT2D eigenvalue weighted by Crippen LogP contribution is 1.98. The molecule has 6 heteroatoms. The first kappa shape index (κ1) is 7.08. The van der Waals surface area contributed by atoms with Crippen LogP contribution in [-0.4, -0.2) is 28.0 Å². The van der Waals surface area contributed by atoms with E-state index in [1.54, 1.807) is 6.92 Å². The van der Waals surface area contributed by atoms with Crippen LogP contribution in [0.3, 0.4) is 0 Å². The summed E-state index contributed by atoms with van der Waals surface area (Å²) >= 11 is 0. The molecule has 6 nitrogen and oxygen atoms in total. The van der Waals surface area contributed by atoms with E-state index in [-0.39, 0.29) is 5.56 Å². The third-order valence-corrected chi connectivity index (χ3v) is 1.70. The average molecular weight is 167 g/mol. The van der Waals surface area contributed by atoms with Gasteiger partial charge in [-0.1, -0.05) is 0 Å². The Morgan fingerprint density at radius 3 is 3.08 bits per heavy atom. The maximum Gasteiger partial charge on any atom is 0.295 e. The Balaban J connectivity index is 2.62. The molecule has 0 atom stereocenters. The molecule has 0 radical (unpaired) electrons. The van der Waals surface area contributed by atoms with Crippen molar-refractivity contribution in [2.45, 2.75) is 6.92 Å². The van der Waals surface area contributed by atoms with Gasteiger partial charge in [0.1, 0.15) is 5.69 Å². The van der Waals surface area contributed by atoms with Crippen molar-refractivity contribution in [3.8, 4) is 0 Å². The summed E-state index contributed by atoms with van der Waals surface area (Å²) in [5, 5.41) is 10.5. The Kier molecular flexibility index (Phi) is 1.46. The molecule has 1 aliphatic heterocycles. The highest BCUT2D eigenvalue weighted by Gasteiger charge is 2.11. The molecular formula is C6H9N5O. The van der Waals surface area contributed by atoms with Gasteiger partial charge in [0.25, 0.3) is 5.56 Å². The fourth-order valence-electron chi connectivity index (χ4n) is 1.07. The second-order valence-electron chi connectivity index (χ2n) is 2.58. The Hall–Kier alpha value is -1.59. The first-order valence-corrected chi connectivity index (χ1v) is 3.73. The summed E-state index contributed by atoms with van der Waals surface area (Å²) in [6, 6.07) is 0. The van der Waals surface area contributed by atoms with Gasteiger partial charge in [-0.2, -0.15) is 4.68 Å². The number of hydrogen-bond donors (Lipinski definition) is 2. The maximum atomic E-state index is 11.4. The SMILES string of the molecule is Cc1nnc2n(c1=O)NCCN2. The minimum atomic E-state index is -0.146. The van der Waals surface area contributed by atoms with Gasteiger partial charge in [-0.25, -0.2) is 0 Å². The van der Waals surface area contributed by atoms with E-state index in [2.05, 4.69) is 20.9 Å². The molecule has 0 bridgehead atoms. The van der Waals surface area contributed by atoms with Gasteiger partial charge in [-0.3, -0.25) is 4.79 Å². The summed E-state index contributed by atoms with van der Waals surface area (Å²) in [5.74, 6) is 0.483. The van der Waals surface area contributed by atoms with Gasteiger partial charge in [-0.05, 0) is 6.92 Å². The molecule has 2 rings (SSSR count). The predicted molar refractivity (Wildman–Crippen MR) is 43.7 cm³/mol. The summed E-state index contributed by atoms with van der Waals surface area (Å²) in [6.45, 7) is 3.12. The van der Waals surface area contributed by atoms with Crippen LogP contribution in [0.2, 0.25) is 0 Å². The molecule has 12 heavy (non-hydrogen) atoms. The standard InChI is InChI=1S/C6H9N5O/c1-4-5(12)11-6(10-9-4)7-2-3-8-11/h8H,2-3H2,1H3,(H,7,10). The van der Waals surface area contributed by atoms with E-state index in [1.165, 1.54) is 4.68 Å². The van der Waals surface area contributed by atoms with Crippen LogP contribution in [0.25, 0.3) is 0 Å². The fraction of sp³-hybridized carbons (Fsp3) is 0.500. The van der Waals surface area contributed by atoms with Gasteiger partial charge in [0.2, 0.25) is 5.95 Å². The Bertz CT molecular complexity index is 357. The van der Waals surface area contributed by atoms with Gasteiger partial charge in [0.15, 0.2) is 0 Å². The summed E-state index contributed by atoms with van der Waals surface area (Å²) < 4.78 is 1.38. The molecule has 2 heterocycles. The Labute approximate surface area is 68.6 Å². The lowest BCUT2D eigenvalue weighted by Gasteiger charge is -2.19. The van der Waals surface area contributed by atoms with Gasteiger partial charge in [0.05, 0.1) is 0 Å².